The van der Waals surface area contributed by atoms with Crippen LogP contribution in [-0.4, -0.2) is 26.0 Å². The van der Waals surface area contributed by atoms with Crippen molar-refractivity contribution in [3.63, 3.8) is 0 Å². The number of carbonyl (C=O) groups is 1. The molecule has 0 saturated carbocycles. The molecule has 0 atom stereocenters. The minimum Gasteiger partial charge on any atom is -0.352 e. The maximum Gasteiger partial charge on any atom is 0.251 e. The van der Waals surface area contributed by atoms with Gasteiger partial charge in [-0.3, -0.25) is 4.79 Å². The summed E-state index contributed by atoms with van der Waals surface area (Å²) in [7, 11) is 1.90. The molecule has 1 aromatic rings. The fourth-order valence-electron chi connectivity index (χ4n) is 1.20. The van der Waals surface area contributed by atoms with Crippen LogP contribution in [0.4, 0.5) is 0 Å². The van der Waals surface area contributed by atoms with E-state index in [1.54, 1.807) is 0 Å². The molecule has 16 heavy (non-hydrogen) atoms. The third-order valence-electron chi connectivity index (χ3n) is 1.98. The molecule has 0 aliphatic rings. The topological polar surface area (TPSA) is 41.1 Å². The Bertz CT molecular complexity index is 334. The van der Waals surface area contributed by atoms with Gasteiger partial charge in [-0.15, -0.1) is 12.4 Å². The minimum absolute atomic E-state index is 0. The summed E-state index contributed by atoms with van der Waals surface area (Å²) in [4.78, 5) is 11.6. The number of hydrogen-bond acceptors (Lipinski definition) is 2. The van der Waals surface area contributed by atoms with Crippen molar-refractivity contribution in [2.24, 2.45) is 0 Å². The Morgan fingerprint density at radius 1 is 1.38 bits per heavy atom. The van der Waals surface area contributed by atoms with Crippen LogP contribution < -0.4 is 10.6 Å². The molecular weight excluding hydrogens is 338 g/mol. The predicted octanol–water partition coefficient (Wildman–Crippen LogP) is 2.05. The van der Waals surface area contributed by atoms with Crippen molar-refractivity contribution in [2.75, 3.05) is 20.1 Å². The maximum atomic E-state index is 11.6. The van der Waals surface area contributed by atoms with Crippen LogP contribution in [0.5, 0.6) is 0 Å². The first kappa shape index (κ1) is 15.7. The number of amides is 1. The fourth-order valence-corrected chi connectivity index (χ4v) is 1.74. The highest BCUT2D eigenvalue weighted by molar-refractivity contribution is 14.1. The molecule has 1 amide bonds. The predicted molar refractivity (Wildman–Crippen MR) is 77.3 cm³/mol. The van der Waals surface area contributed by atoms with Gasteiger partial charge in [-0.05, 0) is 60.8 Å². The standard InChI is InChI=1S/C11H15IN2O.ClH/c1-13-6-3-7-14-11(15)9-4-2-5-10(12)8-9;/h2,4-5,8,13H,3,6-7H2,1H3,(H,14,15);1H. The van der Waals surface area contributed by atoms with Crippen LogP contribution in [0.15, 0.2) is 24.3 Å². The van der Waals surface area contributed by atoms with Gasteiger partial charge in [-0.2, -0.15) is 0 Å². The van der Waals surface area contributed by atoms with Crippen molar-refractivity contribution in [3.05, 3.63) is 33.4 Å². The Hall–Kier alpha value is -0.330. The van der Waals surface area contributed by atoms with Gasteiger partial charge in [0, 0.05) is 15.7 Å². The largest absolute Gasteiger partial charge is 0.352 e. The number of halogens is 2. The molecule has 1 aromatic carbocycles. The number of benzene rings is 1. The number of hydrogen-bond donors (Lipinski definition) is 2. The van der Waals surface area contributed by atoms with E-state index in [1.807, 2.05) is 31.3 Å². The highest BCUT2D eigenvalue weighted by atomic mass is 127. The SMILES string of the molecule is CNCCCNC(=O)c1cccc(I)c1.Cl. The fraction of sp³-hybridized carbons (Fsp3) is 0.364. The summed E-state index contributed by atoms with van der Waals surface area (Å²) in [6.07, 6.45) is 0.951. The molecule has 5 heteroatoms. The van der Waals surface area contributed by atoms with Crippen LogP contribution in [0.2, 0.25) is 0 Å². The monoisotopic (exact) mass is 354 g/mol. The van der Waals surface area contributed by atoms with Crippen molar-refractivity contribution in [1.29, 1.82) is 0 Å². The van der Waals surface area contributed by atoms with Gasteiger partial charge in [0.1, 0.15) is 0 Å². The molecule has 90 valence electrons. The van der Waals surface area contributed by atoms with Gasteiger partial charge in [0.2, 0.25) is 0 Å². The first-order valence-corrected chi connectivity index (χ1v) is 6.00. The van der Waals surface area contributed by atoms with E-state index < -0.39 is 0 Å². The van der Waals surface area contributed by atoms with E-state index in [4.69, 9.17) is 0 Å². The summed E-state index contributed by atoms with van der Waals surface area (Å²) in [5.74, 6) is 0.00428. The summed E-state index contributed by atoms with van der Waals surface area (Å²) < 4.78 is 1.08. The van der Waals surface area contributed by atoms with E-state index in [-0.39, 0.29) is 18.3 Å². The third-order valence-corrected chi connectivity index (χ3v) is 2.65. The molecule has 1 rings (SSSR count). The molecule has 0 bridgehead atoms. The van der Waals surface area contributed by atoms with E-state index in [0.29, 0.717) is 6.54 Å². The lowest BCUT2D eigenvalue weighted by molar-refractivity contribution is 0.0953. The van der Waals surface area contributed by atoms with Gasteiger partial charge in [0.15, 0.2) is 0 Å². The second-order valence-electron chi connectivity index (χ2n) is 3.22. The minimum atomic E-state index is 0. The highest BCUT2D eigenvalue weighted by Crippen LogP contribution is 2.07. The third kappa shape index (κ3) is 5.67. The molecule has 3 nitrogen and oxygen atoms in total. The van der Waals surface area contributed by atoms with Crippen LogP contribution in [0.1, 0.15) is 16.8 Å². The molecular formula is C11H16ClIN2O. The van der Waals surface area contributed by atoms with E-state index >= 15 is 0 Å². The zero-order valence-electron chi connectivity index (χ0n) is 9.13. The van der Waals surface area contributed by atoms with Gasteiger partial charge in [0.25, 0.3) is 5.91 Å². The van der Waals surface area contributed by atoms with Crippen LogP contribution >= 0.6 is 35.0 Å². The van der Waals surface area contributed by atoms with Crippen molar-refractivity contribution in [1.82, 2.24) is 10.6 Å². The average molecular weight is 355 g/mol. The Labute approximate surface area is 116 Å². The maximum absolute atomic E-state index is 11.6. The number of rotatable bonds is 5. The van der Waals surface area contributed by atoms with Crippen molar-refractivity contribution in [3.8, 4) is 0 Å². The Kier molecular flexibility index (Phi) is 8.60. The summed E-state index contributed by atoms with van der Waals surface area (Å²) in [6.45, 7) is 1.64. The number of carbonyl (C=O) groups excluding carboxylic acids is 1. The Morgan fingerprint density at radius 3 is 2.75 bits per heavy atom. The van der Waals surface area contributed by atoms with Crippen LogP contribution in [0, 0.1) is 3.57 Å². The summed E-state index contributed by atoms with van der Waals surface area (Å²) in [6, 6.07) is 7.58. The van der Waals surface area contributed by atoms with E-state index in [9.17, 15) is 4.79 Å². The summed E-state index contributed by atoms with van der Waals surface area (Å²) in [5, 5.41) is 5.92. The molecule has 0 heterocycles. The van der Waals surface area contributed by atoms with Gasteiger partial charge >= 0.3 is 0 Å². The average Bonchev–Trinajstić information content (AvgIpc) is 2.24. The molecule has 0 radical (unpaired) electrons. The first-order chi connectivity index (χ1) is 7.24. The van der Waals surface area contributed by atoms with Crippen LogP contribution in [0.25, 0.3) is 0 Å². The highest BCUT2D eigenvalue weighted by Gasteiger charge is 2.03. The van der Waals surface area contributed by atoms with Gasteiger partial charge < -0.3 is 10.6 Å². The molecule has 2 N–H and O–H groups in total. The molecule has 0 aliphatic carbocycles. The van der Waals surface area contributed by atoms with Crippen LogP contribution in [-0.2, 0) is 0 Å². The molecule has 0 fully saturated rings. The van der Waals surface area contributed by atoms with Crippen molar-refractivity contribution < 1.29 is 4.79 Å². The van der Waals surface area contributed by atoms with E-state index in [1.165, 1.54) is 0 Å². The number of nitrogens with one attached hydrogen (secondary N) is 2. The Balaban J connectivity index is 0.00000225. The zero-order chi connectivity index (χ0) is 11.1. The molecule has 0 spiro atoms. The first-order valence-electron chi connectivity index (χ1n) is 4.92. The van der Waals surface area contributed by atoms with Crippen LogP contribution in [0.3, 0.4) is 0 Å². The van der Waals surface area contributed by atoms with Gasteiger partial charge in [-0.1, -0.05) is 6.07 Å². The van der Waals surface area contributed by atoms with Crippen molar-refractivity contribution in [2.45, 2.75) is 6.42 Å². The molecule has 0 saturated heterocycles. The summed E-state index contributed by atoms with van der Waals surface area (Å²) >= 11 is 2.20. The quantitative estimate of drug-likeness (QED) is 0.628. The lowest BCUT2D eigenvalue weighted by atomic mass is 10.2. The normalized spacial score (nSPS) is 9.38. The van der Waals surface area contributed by atoms with E-state index in [2.05, 4.69) is 33.2 Å². The smallest absolute Gasteiger partial charge is 0.251 e. The second kappa shape index (κ2) is 8.78. The summed E-state index contributed by atoms with van der Waals surface area (Å²) in [5.41, 5.74) is 0.728. The molecule has 0 aromatic heterocycles. The molecule has 0 unspecified atom stereocenters. The molecule has 0 aliphatic heterocycles. The Morgan fingerprint density at radius 2 is 2.12 bits per heavy atom. The van der Waals surface area contributed by atoms with E-state index in [0.717, 1.165) is 22.1 Å². The second-order valence-corrected chi connectivity index (χ2v) is 4.47. The van der Waals surface area contributed by atoms with Gasteiger partial charge in [0.05, 0.1) is 0 Å². The lowest BCUT2D eigenvalue weighted by Gasteiger charge is -2.05. The van der Waals surface area contributed by atoms with Gasteiger partial charge in [-0.25, -0.2) is 0 Å². The van der Waals surface area contributed by atoms with Crippen molar-refractivity contribution >= 4 is 40.9 Å². The zero-order valence-corrected chi connectivity index (χ0v) is 12.1. The lowest BCUT2D eigenvalue weighted by Crippen LogP contribution is -2.26.